The van der Waals surface area contributed by atoms with E-state index >= 15 is 0 Å². The molecule has 0 aliphatic heterocycles. The predicted molar refractivity (Wildman–Crippen MR) is 83.7 cm³/mol. The van der Waals surface area contributed by atoms with Crippen LogP contribution in [0.1, 0.15) is 24.1 Å². The molecule has 3 rings (SSSR count). The maximum atomic E-state index is 14.2. The Balaban J connectivity index is 2.19. The van der Waals surface area contributed by atoms with Gasteiger partial charge >= 0.3 is 0 Å². The first-order valence-electron chi connectivity index (χ1n) is 7.12. The van der Waals surface area contributed by atoms with E-state index in [1.165, 1.54) is 6.07 Å². The summed E-state index contributed by atoms with van der Waals surface area (Å²) < 4.78 is 14.2. The first kappa shape index (κ1) is 13.7. The number of hydrogen-bond acceptors (Lipinski definition) is 2. The van der Waals surface area contributed by atoms with Gasteiger partial charge in [-0.1, -0.05) is 49.4 Å². The van der Waals surface area contributed by atoms with Crippen LogP contribution in [0.4, 0.5) is 4.39 Å². The number of nitrogens with one attached hydrogen (secondary N) is 1. The zero-order chi connectivity index (χ0) is 14.7. The molecule has 1 aromatic heterocycles. The third-order valence-electron chi connectivity index (χ3n) is 3.60. The van der Waals surface area contributed by atoms with Crippen LogP contribution in [-0.2, 0) is 0 Å². The van der Waals surface area contributed by atoms with Crippen molar-refractivity contribution in [3.05, 3.63) is 77.7 Å². The molecule has 2 aromatic carbocycles. The number of para-hydroxylation sites is 1. The Morgan fingerprint density at radius 3 is 2.57 bits per heavy atom. The van der Waals surface area contributed by atoms with Crippen LogP contribution < -0.4 is 5.32 Å². The summed E-state index contributed by atoms with van der Waals surface area (Å²) in [6.07, 6.45) is 1.77. The highest BCUT2D eigenvalue weighted by Crippen LogP contribution is 2.29. The number of benzene rings is 2. The van der Waals surface area contributed by atoms with E-state index in [4.69, 9.17) is 0 Å². The maximum absolute atomic E-state index is 14.2. The number of hydrogen-bond donors (Lipinski definition) is 1. The second-order valence-corrected chi connectivity index (χ2v) is 4.93. The van der Waals surface area contributed by atoms with Gasteiger partial charge in [0, 0.05) is 17.1 Å². The van der Waals surface area contributed by atoms with E-state index in [1.807, 2.05) is 49.4 Å². The average molecular weight is 280 g/mol. The van der Waals surface area contributed by atoms with Gasteiger partial charge in [-0.25, -0.2) is 4.39 Å². The summed E-state index contributed by atoms with van der Waals surface area (Å²) >= 11 is 0. The van der Waals surface area contributed by atoms with Crippen LogP contribution >= 0.6 is 0 Å². The van der Waals surface area contributed by atoms with E-state index in [-0.39, 0.29) is 11.9 Å². The third kappa shape index (κ3) is 2.65. The van der Waals surface area contributed by atoms with E-state index < -0.39 is 0 Å². The fourth-order valence-electron chi connectivity index (χ4n) is 2.66. The number of nitrogens with zero attached hydrogens (tertiary/aromatic N) is 1. The molecule has 0 saturated carbocycles. The minimum atomic E-state index is -0.199. The summed E-state index contributed by atoms with van der Waals surface area (Å²) in [4.78, 5) is 4.48. The highest BCUT2D eigenvalue weighted by atomic mass is 19.1. The fourth-order valence-corrected chi connectivity index (χ4v) is 2.66. The summed E-state index contributed by atoms with van der Waals surface area (Å²) in [6.45, 7) is 2.77. The molecule has 2 nitrogen and oxygen atoms in total. The third-order valence-corrected chi connectivity index (χ3v) is 3.60. The molecule has 21 heavy (non-hydrogen) atoms. The van der Waals surface area contributed by atoms with E-state index in [1.54, 1.807) is 12.3 Å². The molecule has 1 atom stereocenters. The molecular formula is C18H17FN2. The Labute approximate surface area is 123 Å². The molecule has 1 heterocycles. The van der Waals surface area contributed by atoms with Gasteiger partial charge in [0.2, 0.25) is 0 Å². The van der Waals surface area contributed by atoms with Crippen molar-refractivity contribution in [2.24, 2.45) is 0 Å². The van der Waals surface area contributed by atoms with Gasteiger partial charge in [0.15, 0.2) is 0 Å². The first-order chi connectivity index (χ1) is 10.3. The molecule has 0 fully saturated rings. The van der Waals surface area contributed by atoms with Gasteiger partial charge < -0.3 is 5.32 Å². The summed E-state index contributed by atoms with van der Waals surface area (Å²) in [7, 11) is 0. The van der Waals surface area contributed by atoms with E-state index in [0.29, 0.717) is 5.56 Å². The average Bonchev–Trinajstić information content (AvgIpc) is 2.53. The lowest BCUT2D eigenvalue weighted by Crippen LogP contribution is -2.23. The number of aromatic nitrogens is 1. The molecule has 1 unspecified atom stereocenters. The summed E-state index contributed by atoms with van der Waals surface area (Å²) in [5, 5.41) is 4.43. The van der Waals surface area contributed by atoms with Crippen LogP contribution in [0.25, 0.3) is 10.9 Å². The van der Waals surface area contributed by atoms with Crippen molar-refractivity contribution >= 4 is 10.9 Å². The Hall–Kier alpha value is -2.26. The Morgan fingerprint density at radius 1 is 1.00 bits per heavy atom. The Bertz CT molecular complexity index is 750. The predicted octanol–water partition coefficient (Wildman–Crippen LogP) is 4.07. The van der Waals surface area contributed by atoms with Gasteiger partial charge in [-0.3, -0.25) is 4.98 Å². The Kier molecular flexibility index (Phi) is 3.93. The topological polar surface area (TPSA) is 24.9 Å². The molecule has 0 aliphatic carbocycles. The van der Waals surface area contributed by atoms with Crippen LogP contribution in [0.5, 0.6) is 0 Å². The maximum Gasteiger partial charge on any atom is 0.128 e. The molecule has 0 spiro atoms. The van der Waals surface area contributed by atoms with Crippen LogP contribution in [0, 0.1) is 5.82 Å². The molecule has 1 N–H and O–H groups in total. The van der Waals surface area contributed by atoms with Gasteiger partial charge in [0.05, 0.1) is 11.6 Å². The second kappa shape index (κ2) is 6.02. The lowest BCUT2D eigenvalue weighted by Gasteiger charge is -2.20. The minimum Gasteiger partial charge on any atom is -0.306 e. The first-order valence-corrected chi connectivity index (χ1v) is 7.12. The van der Waals surface area contributed by atoms with Gasteiger partial charge in [-0.2, -0.15) is 0 Å². The smallest absolute Gasteiger partial charge is 0.128 e. The Morgan fingerprint density at radius 2 is 1.76 bits per heavy atom. The SMILES string of the molecule is CCNC(c1ccccc1F)c1cccc2cccnc12. The second-order valence-electron chi connectivity index (χ2n) is 4.93. The van der Waals surface area contributed by atoms with Crippen molar-refractivity contribution in [2.45, 2.75) is 13.0 Å². The number of fused-ring (bicyclic) bond motifs is 1. The lowest BCUT2D eigenvalue weighted by atomic mass is 9.96. The van der Waals surface area contributed by atoms with Crippen molar-refractivity contribution in [1.29, 1.82) is 0 Å². The number of halogens is 1. The van der Waals surface area contributed by atoms with Crippen LogP contribution in [-0.4, -0.2) is 11.5 Å². The van der Waals surface area contributed by atoms with Gasteiger partial charge in [-0.05, 0) is 24.2 Å². The largest absolute Gasteiger partial charge is 0.306 e. The molecule has 0 aliphatic rings. The number of pyridine rings is 1. The highest BCUT2D eigenvalue weighted by Gasteiger charge is 2.19. The summed E-state index contributed by atoms with van der Waals surface area (Å²) in [5.41, 5.74) is 2.56. The molecular weight excluding hydrogens is 263 g/mol. The van der Waals surface area contributed by atoms with E-state index in [9.17, 15) is 4.39 Å². The summed E-state index contributed by atoms with van der Waals surface area (Å²) in [5.74, 6) is -0.198. The molecule has 3 heteroatoms. The monoisotopic (exact) mass is 280 g/mol. The van der Waals surface area contributed by atoms with Crippen molar-refractivity contribution in [2.75, 3.05) is 6.54 Å². The van der Waals surface area contributed by atoms with Crippen LogP contribution in [0.3, 0.4) is 0 Å². The zero-order valence-corrected chi connectivity index (χ0v) is 11.9. The molecule has 0 saturated heterocycles. The van der Waals surface area contributed by atoms with E-state index in [0.717, 1.165) is 23.0 Å². The summed E-state index contributed by atoms with van der Waals surface area (Å²) in [6, 6.07) is 16.7. The quantitative estimate of drug-likeness (QED) is 0.779. The molecule has 0 bridgehead atoms. The lowest BCUT2D eigenvalue weighted by molar-refractivity contribution is 0.560. The number of rotatable bonds is 4. The van der Waals surface area contributed by atoms with Gasteiger partial charge in [0.25, 0.3) is 0 Å². The van der Waals surface area contributed by atoms with Crippen molar-refractivity contribution < 1.29 is 4.39 Å². The van der Waals surface area contributed by atoms with Crippen molar-refractivity contribution in [1.82, 2.24) is 10.3 Å². The highest BCUT2D eigenvalue weighted by molar-refractivity contribution is 5.82. The minimum absolute atomic E-state index is 0.198. The molecule has 0 amide bonds. The van der Waals surface area contributed by atoms with Gasteiger partial charge in [0.1, 0.15) is 5.82 Å². The standard InChI is InChI=1S/C18H17FN2/c1-2-20-18(14-9-3-4-11-16(14)19)15-10-5-7-13-8-6-12-21-17(13)15/h3-12,18,20H,2H2,1H3. The zero-order valence-electron chi connectivity index (χ0n) is 11.9. The van der Waals surface area contributed by atoms with Crippen molar-refractivity contribution in [3.63, 3.8) is 0 Å². The van der Waals surface area contributed by atoms with Crippen molar-refractivity contribution in [3.8, 4) is 0 Å². The van der Waals surface area contributed by atoms with Gasteiger partial charge in [-0.15, -0.1) is 0 Å². The normalized spacial score (nSPS) is 12.5. The molecule has 0 radical (unpaired) electrons. The van der Waals surface area contributed by atoms with E-state index in [2.05, 4.69) is 10.3 Å². The molecule has 3 aromatic rings. The molecule has 106 valence electrons. The fraction of sp³-hybridized carbons (Fsp3) is 0.167. The van der Waals surface area contributed by atoms with Crippen LogP contribution in [0.2, 0.25) is 0 Å². The van der Waals surface area contributed by atoms with Crippen LogP contribution in [0.15, 0.2) is 60.8 Å².